The fourth-order valence-electron chi connectivity index (χ4n) is 3.25. The molecule has 9 heteroatoms. The van der Waals surface area contributed by atoms with Crippen molar-refractivity contribution in [1.82, 2.24) is 9.88 Å². The lowest BCUT2D eigenvalue weighted by Gasteiger charge is -2.30. The van der Waals surface area contributed by atoms with Gasteiger partial charge in [-0.15, -0.1) is 0 Å². The van der Waals surface area contributed by atoms with Crippen molar-refractivity contribution in [2.45, 2.75) is 50.5 Å². The molecule has 3 N–H and O–H groups in total. The van der Waals surface area contributed by atoms with Crippen LogP contribution in [0.4, 0.5) is 5.69 Å². The number of oxazole rings is 1. The number of anilines is 1. The second-order valence-corrected chi connectivity index (χ2v) is 10.0. The van der Waals surface area contributed by atoms with Crippen LogP contribution in [0.25, 0.3) is 0 Å². The molecular formula is C20H28N4O4S. The van der Waals surface area contributed by atoms with Crippen LogP contribution >= 0.6 is 0 Å². The standard InChI is InChI=1S/C20H28N4O4S/c1-20(2,3)17-12-22-18(28-17)13-24-10-8-14(9-11-24)19(25)23-15-4-6-16(7-5-15)29(21,26)27/h4-7,12,14H,8-11,13H2,1-3H3,(H,23,25)(H2,21,26,27). The predicted molar refractivity (Wildman–Crippen MR) is 110 cm³/mol. The summed E-state index contributed by atoms with van der Waals surface area (Å²) >= 11 is 0. The van der Waals surface area contributed by atoms with E-state index >= 15 is 0 Å². The lowest BCUT2D eigenvalue weighted by atomic mass is 9.94. The third-order valence-corrected chi connectivity index (χ3v) is 5.99. The molecule has 8 nitrogen and oxygen atoms in total. The van der Waals surface area contributed by atoms with E-state index in [2.05, 4.69) is 36.0 Å². The van der Waals surface area contributed by atoms with Crippen LogP contribution in [-0.4, -0.2) is 37.3 Å². The number of piperidine rings is 1. The zero-order valence-corrected chi connectivity index (χ0v) is 17.8. The average molecular weight is 421 g/mol. The van der Waals surface area contributed by atoms with Gasteiger partial charge in [-0.1, -0.05) is 20.8 Å². The lowest BCUT2D eigenvalue weighted by molar-refractivity contribution is -0.121. The van der Waals surface area contributed by atoms with Crippen molar-refractivity contribution in [3.8, 4) is 0 Å². The van der Waals surface area contributed by atoms with Gasteiger partial charge in [-0.05, 0) is 50.2 Å². The van der Waals surface area contributed by atoms with Crippen molar-refractivity contribution in [2.24, 2.45) is 11.1 Å². The molecule has 1 amide bonds. The van der Waals surface area contributed by atoms with Crippen molar-refractivity contribution < 1.29 is 17.6 Å². The largest absolute Gasteiger partial charge is 0.444 e. The molecule has 158 valence electrons. The molecule has 1 aliphatic heterocycles. The van der Waals surface area contributed by atoms with Gasteiger partial charge in [0.05, 0.1) is 17.6 Å². The van der Waals surface area contributed by atoms with Crippen LogP contribution in [-0.2, 0) is 26.8 Å². The number of nitrogens with two attached hydrogens (primary N) is 1. The Morgan fingerprint density at radius 2 is 1.86 bits per heavy atom. The van der Waals surface area contributed by atoms with Gasteiger partial charge in [-0.3, -0.25) is 9.69 Å². The molecule has 0 atom stereocenters. The Bertz CT molecular complexity index is 953. The minimum Gasteiger partial charge on any atom is -0.444 e. The Balaban J connectivity index is 1.50. The molecule has 1 aliphatic rings. The van der Waals surface area contributed by atoms with Gasteiger partial charge in [0.25, 0.3) is 0 Å². The van der Waals surface area contributed by atoms with E-state index in [0.29, 0.717) is 18.1 Å². The molecule has 0 saturated carbocycles. The summed E-state index contributed by atoms with van der Waals surface area (Å²) in [5, 5.41) is 7.94. The lowest BCUT2D eigenvalue weighted by Crippen LogP contribution is -2.37. The number of hydrogen-bond donors (Lipinski definition) is 2. The van der Waals surface area contributed by atoms with Crippen molar-refractivity contribution in [1.29, 1.82) is 0 Å². The number of nitrogens with zero attached hydrogens (tertiary/aromatic N) is 2. The van der Waals surface area contributed by atoms with Crippen molar-refractivity contribution >= 4 is 21.6 Å². The first-order valence-electron chi connectivity index (χ1n) is 9.63. The van der Waals surface area contributed by atoms with Crippen LogP contribution in [0.2, 0.25) is 0 Å². The van der Waals surface area contributed by atoms with E-state index in [0.717, 1.165) is 31.7 Å². The molecule has 1 aromatic heterocycles. The Morgan fingerprint density at radius 3 is 2.38 bits per heavy atom. The Morgan fingerprint density at radius 1 is 1.24 bits per heavy atom. The summed E-state index contributed by atoms with van der Waals surface area (Å²) in [5.74, 6) is 1.43. The van der Waals surface area contributed by atoms with E-state index < -0.39 is 10.0 Å². The highest BCUT2D eigenvalue weighted by atomic mass is 32.2. The van der Waals surface area contributed by atoms with Crippen LogP contribution in [0.15, 0.2) is 39.8 Å². The first-order chi connectivity index (χ1) is 13.5. The number of likely N-dealkylation sites (tertiary alicyclic amines) is 1. The maximum Gasteiger partial charge on any atom is 0.238 e. The van der Waals surface area contributed by atoms with Gasteiger partial charge in [-0.2, -0.15) is 0 Å². The normalized spacial score (nSPS) is 16.7. The number of amides is 1. The summed E-state index contributed by atoms with van der Waals surface area (Å²) in [5.41, 5.74) is 0.488. The molecule has 3 rings (SSSR count). The van der Waals surface area contributed by atoms with Crippen LogP contribution in [0, 0.1) is 5.92 Å². The number of carbonyl (C=O) groups is 1. The third-order valence-electron chi connectivity index (χ3n) is 5.06. The maximum atomic E-state index is 12.5. The zero-order chi connectivity index (χ0) is 21.2. The van der Waals surface area contributed by atoms with Gasteiger partial charge in [0, 0.05) is 17.0 Å². The number of carbonyl (C=O) groups excluding carboxylic acids is 1. The molecule has 1 fully saturated rings. The molecule has 0 unspecified atom stereocenters. The van der Waals surface area contributed by atoms with E-state index in [4.69, 9.17) is 9.56 Å². The topological polar surface area (TPSA) is 119 Å². The van der Waals surface area contributed by atoms with Crippen molar-refractivity contribution in [3.63, 3.8) is 0 Å². The third kappa shape index (κ3) is 5.65. The fraction of sp³-hybridized carbons (Fsp3) is 0.500. The zero-order valence-electron chi connectivity index (χ0n) is 17.0. The monoisotopic (exact) mass is 420 g/mol. The molecule has 0 bridgehead atoms. The Kier molecular flexibility index (Phi) is 6.11. The van der Waals surface area contributed by atoms with E-state index in [1.807, 2.05) is 0 Å². The van der Waals surface area contributed by atoms with Crippen molar-refractivity contribution in [3.05, 3.63) is 42.1 Å². The van der Waals surface area contributed by atoms with Gasteiger partial charge >= 0.3 is 0 Å². The molecule has 0 spiro atoms. The molecule has 1 saturated heterocycles. The number of nitrogens with one attached hydrogen (secondary N) is 1. The number of primary sulfonamides is 1. The smallest absolute Gasteiger partial charge is 0.238 e. The summed E-state index contributed by atoms with van der Waals surface area (Å²) in [7, 11) is -3.74. The average Bonchev–Trinajstić information content (AvgIpc) is 3.11. The Hall–Kier alpha value is -2.23. The minimum absolute atomic E-state index is 0.0185. The quantitative estimate of drug-likeness (QED) is 0.767. The summed E-state index contributed by atoms with van der Waals surface area (Å²) in [6.45, 7) is 8.47. The second-order valence-electron chi connectivity index (χ2n) is 8.48. The minimum atomic E-state index is -3.74. The van der Waals surface area contributed by atoms with Gasteiger partial charge in [0.2, 0.25) is 21.8 Å². The fourth-order valence-corrected chi connectivity index (χ4v) is 3.76. The van der Waals surface area contributed by atoms with E-state index in [9.17, 15) is 13.2 Å². The maximum absolute atomic E-state index is 12.5. The predicted octanol–water partition coefficient (Wildman–Crippen LogP) is 2.47. The van der Waals surface area contributed by atoms with Crippen LogP contribution in [0.1, 0.15) is 45.3 Å². The van der Waals surface area contributed by atoms with Crippen molar-refractivity contribution in [2.75, 3.05) is 18.4 Å². The first-order valence-corrected chi connectivity index (χ1v) is 11.2. The number of benzene rings is 1. The molecule has 0 radical (unpaired) electrons. The summed E-state index contributed by atoms with van der Waals surface area (Å²) < 4.78 is 28.5. The molecule has 1 aromatic carbocycles. The molecule has 2 aromatic rings. The van der Waals surface area contributed by atoms with E-state index in [-0.39, 0.29) is 22.1 Å². The van der Waals surface area contributed by atoms with Crippen LogP contribution in [0.3, 0.4) is 0 Å². The summed E-state index contributed by atoms with van der Waals surface area (Å²) in [6.07, 6.45) is 3.28. The SMILES string of the molecule is CC(C)(C)c1cnc(CN2CCC(C(=O)Nc3ccc(S(N)(=O)=O)cc3)CC2)o1. The molecular weight excluding hydrogens is 392 g/mol. The first kappa shape index (κ1) is 21.5. The highest BCUT2D eigenvalue weighted by Gasteiger charge is 2.26. The highest BCUT2D eigenvalue weighted by Crippen LogP contribution is 2.25. The highest BCUT2D eigenvalue weighted by molar-refractivity contribution is 7.89. The van der Waals surface area contributed by atoms with Crippen LogP contribution < -0.4 is 10.5 Å². The van der Waals surface area contributed by atoms with E-state index in [1.165, 1.54) is 12.1 Å². The Labute approximate surface area is 171 Å². The molecule has 0 aliphatic carbocycles. The molecule has 29 heavy (non-hydrogen) atoms. The van der Waals surface area contributed by atoms with Gasteiger partial charge in [-0.25, -0.2) is 18.5 Å². The number of aromatic nitrogens is 1. The number of rotatable bonds is 5. The number of sulfonamides is 1. The van der Waals surface area contributed by atoms with Gasteiger partial charge < -0.3 is 9.73 Å². The van der Waals surface area contributed by atoms with Crippen LogP contribution in [0.5, 0.6) is 0 Å². The van der Waals surface area contributed by atoms with E-state index in [1.54, 1.807) is 18.3 Å². The number of hydrogen-bond acceptors (Lipinski definition) is 6. The van der Waals surface area contributed by atoms with Gasteiger partial charge in [0.1, 0.15) is 5.76 Å². The molecule has 2 heterocycles. The summed E-state index contributed by atoms with van der Waals surface area (Å²) in [6, 6.07) is 5.86. The second kappa shape index (κ2) is 8.25. The summed E-state index contributed by atoms with van der Waals surface area (Å²) in [4.78, 5) is 19.2. The van der Waals surface area contributed by atoms with Gasteiger partial charge in [0.15, 0.2) is 0 Å².